The van der Waals surface area contributed by atoms with Crippen LogP contribution in [0.25, 0.3) is 0 Å². The molecule has 0 bridgehead atoms. The number of carbonyl (C=O) groups is 1. The number of hydrogen-bond donors (Lipinski definition) is 1. The molecule has 0 fully saturated rings. The molecule has 1 N–H and O–H groups in total. The van der Waals surface area contributed by atoms with Crippen molar-refractivity contribution in [3.05, 3.63) is 60.2 Å². The van der Waals surface area contributed by atoms with Crippen molar-refractivity contribution in [2.75, 3.05) is 0 Å². The van der Waals surface area contributed by atoms with Gasteiger partial charge in [0.1, 0.15) is 10.6 Å². The molecular formula is C16H16N2O4S. The van der Waals surface area contributed by atoms with Crippen LogP contribution in [0.1, 0.15) is 18.9 Å². The summed E-state index contributed by atoms with van der Waals surface area (Å²) >= 11 is 0. The van der Waals surface area contributed by atoms with E-state index in [0.717, 1.165) is 0 Å². The van der Waals surface area contributed by atoms with Gasteiger partial charge in [-0.15, -0.1) is 0 Å². The molecule has 0 aliphatic rings. The molecule has 0 saturated carbocycles. The van der Waals surface area contributed by atoms with Crippen molar-refractivity contribution in [2.45, 2.75) is 18.2 Å². The third kappa shape index (κ3) is 4.93. The summed E-state index contributed by atoms with van der Waals surface area (Å²) in [6.07, 6.45) is 1.81. The van der Waals surface area contributed by atoms with E-state index >= 15 is 0 Å². The maximum absolute atomic E-state index is 12.1. The average Bonchev–Trinajstić information content (AvgIpc) is 2.57. The van der Waals surface area contributed by atoms with Crippen molar-refractivity contribution >= 4 is 22.2 Å². The fourth-order valence-corrected chi connectivity index (χ4v) is 2.58. The van der Waals surface area contributed by atoms with Crippen LogP contribution >= 0.6 is 0 Å². The molecule has 0 unspecified atom stereocenters. The zero-order valence-electron chi connectivity index (χ0n) is 12.5. The zero-order valence-corrected chi connectivity index (χ0v) is 13.3. The first-order chi connectivity index (χ1) is 11.0. The lowest BCUT2D eigenvalue weighted by atomic mass is 10.2. The van der Waals surface area contributed by atoms with E-state index in [-0.39, 0.29) is 16.6 Å². The third-order valence-electron chi connectivity index (χ3n) is 2.84. The standard InChI is InChI=1S/C16H16N2O4S/c1-2-16(19)18-17-12-13-8-10-14(11-9-13)22-23(20,21)15-6-4-3-5-7-15/h3-12H,2H2,1H3,(H,18,19). The summed E-state index contributed by atoms with van der Waals surface area (Å²) in [5, 5.41) is 3.78. The Balaban J connectivity index is 2.04. The van der Waals surface area contributed by atoms with Gasteiger partial charge in [0.2, 0.25) is 5.91 Å². The van der Waals surface area contributed by atoms with Crippen LogP contribution in [0.5, 0.6) is 5.75 Å². The van der Waals surface area contributed by atoms with Gasteiger partial charge < -0.3 is 4.18 Å². The zero-order chi connectivity index (χ0) is 16.7. The average molecular weight is 332 g/mol. The Morgan fingerprint density at radius 1 is 1.13 bits per heavy atom. The second kappa shape index (κ2) is 7.55. The van der Waals surface area contributed by atoms with Crippen LogP contribution in [0.2, 0.25) is 0 Å². The van der Waals surface area contributed by atoms with Crippen molar-refractivity contribution in [1.29, 1.82) is 0 Å². The van der Waals surface area contributed by atoms with Crippen LogP contribution in [0.4, 0.5) is 0 Å². The molecule has 0 aliphatic carbocycles. The molecule has 0 saturated heterocycles. The molecular weight excluding hydrogens is 316 g/mol. The first-order valence-corrected chi connectivity index (χ1v) is 8.33. The fraction of sp³-hybridized carbons (Fsp3) is 0.125. The Morgan fingerprint density at radius 3 is 2.39 bits per heavy atom. The Labute approximate surface area is 134 Å². The Morgan fingerprint density at radius 2 is 1.78 bits per heavy atom. The van der Waals surface area contributed by atoms with Crippen LogP contribution < -0.4 is 9.61 Å². The quantitative estimate of drug-likeness (QED) is 0.500. The highest BCUT2D eigenvalue weighted by Gasteiger charge is 2.15. The van der Waals surface area contributed by atoms with Gasteiger partial charge in [-0.05, 0) is 42.0 Å². The maximum Gasteiger partial charge on any atom is 0.339 e. The van der Waals surface area contributed by atoms with Crippen LogP contribution in [-0.2, 0) is 14.9 Å². The Kier molecular flexibility index (Phi) is 5.48. The monoisotopic (exact) mass is 332 g/mol. The summed E-state index contributed by atoms with van der Waals surface area (Å²) in [6, 6.07) is 14.2. The molecule has 1 amide bonds. The largest absolute Gasteiger partial charge is 0.379 e. The molecule has 7 heteroatoms. The van der Waals surface area contributed by atoms with E-state index in [1.54, 1.807) is 37.3 Å². The maximum atomic E-state index is 12.1. The third-order valence-corrected chi connectivity index (χ3v) is 4.10. The summed E-state index contributed by atoms with van der Waals surface area (Å²) in [5.74, 6) is 0.0127. The molecule has 2 rings (SSSR count). The van der Waals surface area contributed by atoms with Crippen LogP contribution in [0, 0.1) is 0 Å². The number of amides is 1. The minimum absolute atomic E-state index is 0.0907. The Bertz CT molecular complexity index is 785. The van der Waals surface area contributed by atoms with Gasteiger partial charge in [-0.2, -0.15) is 13.5 Å². The molecule has 2 aromatic carbocycles. The normalized spacial score (nSPS) is 11.3. The summed E-state index contributed by atoms with van der Waals surface area (Å²) in [6.45, 7) is 1.73. The van der Waals surface area contributed by atoms with Crippen molar-refractivity contribution < 1.29 is 17.4 Å². The summed E-state index contributed by atoms with van der Waals surface area (Å²) < 4.78 is 29.2. The molecule has 0 radical (unpaired) electrons. The Hall–Kier alpha value is -2.67. The van der Waals surface area contributed by atoms with Gasteiger partial charge in [0.05, 0.1) is 6.21 Å². The lowest BCUT2D eigenvalue weighted by molar-refractivity contribution is -0.120. The van der Waals surface area contributed by atoms with Crippen molar-refractivity contribution in [3.63, 3.8) is 0 Å². The van der Waals surface area contributed by atoms with Gasteiger partial charge >= 0.3 is 10.1 Å². The molecule has 0 atom stereocenters. The summed E-state index contributed by atoms with van der Waals surface area (Å²) in [7, 11) is -3.85. The molecule has 0 aromatic heterocycles. The molecule has 23 heavy (non-hydrogen) atoms. The smallest absolute Gasteiger partial charge is 0.339 e. The van der Waals surface area contributed by atoms with E-state index in [9.17, 15) is 13.2 Å². The number of nitrogens with zero attached hydrogens (tertiary/aromatic N) is 1. The van der Waals surface area contributed by atoms with Gasteiger partial charge in [0, 0.05) is 6.42 Å². The number of hydrazone groups is 1. The van der Waals surface area contributed by atoms with Gasteiger partial charge in [-0.1, -0.05) is 25.1 Å². The van der Waals surface area contributed by atoms with Gasteiger partial charge in [0.15, 0.2) is 0 Å². The topological polar surface area (TPSA) is 84.8 Å². The second-order valence-electron chi connectivity index (χ2n) is 4.57. The first-order valence-electron chi connectivity index (χ1n) is 6.93. The number of benzene rings is 2. The highest BCUT2D eigenvalue weighted by molar-refractivity contribution is 7.87. The fourth-order valence-electron chi connectivity index (χ4n) is 1.63. The van der Waals surface area contributed by atoms with Crippen molar-refractivity contribution in [2.24, 2.45) is 5.10 Å². The SMILES string of the molecule is CCC(=O)NN=Cc1ccc(OS(=O)(=O)c2ccccc2)cc1. The minimum atomic E-state index is -3.85. The highest BCUT2D eigenvalue weighted by atomic mass is 32.2. The van der Waals surface area contributed by atoms with E-state index in [4.69, 9.17) is 4.18 Å². The predicted octanol–water partition coefficient (Wildman–Crippen LogP) is 2.31. The summed E-state index contributed by atoms with van der Waals surface area (Å²) in [4.78, 5) is 11.1. The van der Waals surface area contributed by atoms with Crippen LogP contribution in [0.15, 0.2) is 64.6 Å². The van der Waals surface area contributed by atoms with Crippen molar-refractivity contribution in [3.8, 4) is 5.75 Å². The van der Waals surface area contributed by atoms with Gasteiger partial charge in [-0.3, -0.25) is 4.79 Å². The minimum Gasteiger partial charge on any atom is -0.379 e. The highest BCUT2D eigenvalue weighted by Crippen LogP contribution is 2.18. The van der Waals surface area contributed by atoms with Gasteiger partial charge in [0.25, 0.3) is 0 Å². The predicted molar refractivity (Wildman–Crippen MR) is 86.7 cm³/mol. The number of rotatable bonds is 6. The number of carbonyl (C=O) groups excluding carboxylic acids is 1. The first kappa shape index (κ1) is 16.7. The van der Waals surface area contributed by atoms with Crippen LogP contribution in [0.3, 0.4) is 0 Å². The second-order valence-corrected chi connectivity index (χ2v) is 6.11. The van der Waals surface area contributed by atoms with E-state index in [0.29, 0.717) is 12.0 Å². The molecule has 6 nitrogen and oxygen atoms in total. The molecule has 0 spiro atoms. The van der Waals surface area contributed by atoms with E-state index in [2.05, 4.69) is 10.5 Å². The lowest BCUT2D eigenvalue weighted by Gasteiger charge is -2.06. The van der Waals surface area contributed by atoms with E-state index in [1.807, 2.05) is 0 Å². The molecule has 2 aromatic rings. The number of nitrogens with one attached hydrogen (secondary N) is 1. The van der Waals surface area contributed by atoms with Crippen molar-refractivity contribution in [1.82, 2.24) is 5.43 Å². The van der Waals surface area contributed by atoms with Crippen LogP contribution in [-0.4, -0.2) is 20.5 Å². The lowest BCUT2D eigenvalue weighted by Crippen LogP contribution is -2.15. The summed E-state index contributed by atoms with van der Waals surface area (Å²) in [5.41, 5.74) is 3.06. The van der Waals surface area contributed by atoms with Gasteiger partial charge in [-0.25, -0.2) is 5.43 Å². The van der Waals surface area contributed by atoms with E-state index in [1.165, 1.54) is 30.5 Å². The molecule has 0 aliphatic heterocycles. The van der Waals surface area contributed by atoms with E-state index < -0.39 is 10.1 Å². The molecule has 0 heterocycles. The number of hydrogen-bond acceptors (Lipinski definition) is 5. The molecule has 120 valence electrons.